The van der Waals surface area contributed by atoms with E-state index in [1.54, 1.807) is 36.4 Å². The van der Waals surface area contributed by atoms with Crippen molar-refractivity contribution in [3.8, 4) is 39.9 Å². The molecular weight excluding hydrogens is 440 g/mol. The Bertz CT molecular complexity index is 1530. The number of carbonyl (C=O) groups is 1. The minimum Gasteiger partial charge on any atom is -0.507 e. The fourth-order valence-corrected chi connectivity index (χ4v) is 4.60. The lowest BCUT2D eigenvalue weighted by Crippen LogP contribution is -2.22. The molecule has 4 aromatic rings. The van der Waals surface area contributed by atoms with Gasteiger partial charge in [-0.1, -0.05) is 24.3 Å². The van der Waals surface area contributed by atoms with Gasteiger partial charge in [-0.15, -0.1) is 0 Å². The second kappa shape index (κ2) is 7.55. The molecule has 0 saturated carbocycles. The van der Waals surface area contributed by atoms with Crippen LogP contribution in [0.25, 0.3) is 22.1 Å². The number of methoxy groups -OCH3 is 1. The maximum Gasteiger partial charge on any atom is 0.312 e. The molecule has 0 unspecified atom stereocenters. The zero-order chi connectivity index (χ0) is 23.4. The van der Waals surface area contributed by atoms with Crippen LogP contribution in [-0.2, 0) is 4.79 Å². The maximum atomic E-state index is 13.5. The number of aromatic hydroxyl groups is 1. The van der Waals surface area contributed by atoms with Crippen molar-refractivity contribution in [3.05, 3.63) is 76.1 Å². The van der Waals surface area contributed by atoms with Gasteiger partial charge in [0.2, 0.25) is 12.2 Å². The predicted molar refractivity (Wildman–Crippen MR) is 121 cm³/mol. The standard InChI is InChI=1S/C26H18O8/c1-30-18-5-3-2-4-14(18)16-11-31-26-23-15(13-6-7-19-20(8-13)33-12-32-19)9-22(28)34-21(23)10-17(27)24(26)25(16)29/h2-8,10-11,15,27H,9,12H2,1H3/t15-/m1/s1. The van der Waals surface area contributed by atoms with Gasteiger partial charge in [-0.2, -0.15) is 0 Å². The van der Waals surface area contributed by atoms with Gasteiger partial charge in [0, 0.05) is 23.1 Å². The molecule has 0 bridgehead atoms. The molecule has 0 radical (unpaired) electrons. The number of phenols is 1. The highest BCUT2D eigenvalue weighted by Gasteiger charge is 2.34. The van der Waals surface area contributed by atoms with Crippen LogP contribution in [0.2, 0.25) is 0 Å². The molecule has 2 aliphatic rings. The van der Waals surface area contributed by atoms with Crippen molar-refractivity contribution in [1.29, 1.82) is 0 Å². The zero-order valence-electron chi connectivity index (χ0n) is 18.0. The third kappa shape index (κ3) is 2.99. The Kier molecular flexibility index (Phi) is 4.48. The van der Waals surface area contributed by atoms with Crippen LogP contribution in [0.5, 0.6) is 28.7 Å². The molecule has 0 amide bonds. The molecule has 1 N–H and O–H groups in total. The molecule has 3 aromatic carbocycles. The molecular formula is C26H18O8. The van der Waals surface area contributed by atoms with Crippen molar-refractivity contribution in [2.45, 2.75) is 12.3 Å². The Morgan fingerprint density at radius 1 is 0.971 bits per heavy atom. The Balaban J connectivity index is 1.59. The number of carbonyl (C=O) groups excluding carboxylic acids is 1. The molecule has 1 atom stereocenters. The number of esters is 1. The van der Waals surface area contributed by atoms with E-state index in [0.29, 0.717) is 28.4 Å². The van der Waals surface area contributed by atoms with Crippen LogP contribution in [-0.4, -0.2) is 25.0 Å². The summed E-state index contributed by atoms with van der Waals surface area (Å²) >= 11 is 0. The first-order valence-electron chi connectivity index (χ1n) is 10.6. The molecule has 0 spiro atoms. The summed E-state index contributed by atoms with van der Waals surface area (Å²) in [5, 5.41) is 10.8. The van der Waals surface area contributed by atoms with Crippen LogP contribution < -0.4 is 24.4 Å². The molecule has 34 heavy (non-hydrogen) atoms. The average molecular weight is 458 g/mol. The molecule has 0 aliphatic carbocycles. The number of rotatable bonds is 3. The lowest BCUT2D eigenvalue weighted by Gasteiger charge is -2.26. The summed E-state index contributed by atoms with van der Waals surface area (Å²) in [7, 11) is 1.51. The monoisotopic (exact) mass is 458 g/mol. The van der Waals surface area contributed by atoms with Crippen molar-refractivity contribution in [3.63, 3.8) is 0 Å². The Labute approximate surface area is 192 Å². The second-order valence-corrected chi connectivity index (χ2v) is 8.03. The van der Waals surface area contributed by atoms with Gasteiger partial charge >= 0.3 is 5.97 Å². The maximum absolute atomic E-state index is 13.5. The largest absolute Gasteiger partial charge is 0.507 e. The van der Waals surface area contributed by atoms with Crippen molar-refractivity contribution in [1.82, 2.24) is 0 Å². The summed E-state index contributed by atoms with van der Waals surface area (Å²) in [5.41, 5.74) is 1.80. The van der Waals surface area contributed by atoms with Gasteiger partial charge in [0.15, 0.2) is 11.5 Å². The zero-order valence-corrected chi connectivity index (χ0v) is 18.0. The van der Waals surface area contributed by atoms with E-state index in [1.165, 1.54) is 19.4 Å². The third-order valence-electron chi connectivity index (χ3n) is 6.17. The fourth-order valence-electron chi connectivity index (χ4n) is 4.60. The van der Waals surface area contributed by atoms with Crippen LogP contribution in [0.4, 0.5) is 0 Å². The topological polar surface area (TPSA) is 104 Å². The molecule has 1 aromatic heterocycles. The van der Waals surface area contributed by atoms with E-state index in [1.807, 2.05) is 6.07 Å². The lowest BCUT2D eigenvalue weighted by molar-refractivity contribution is -0.135. The highest BCUT2D eigenvalue weighted by atomic mass is 16.7. The quantitative estimate of drug-likeness (QED) is 0.357. The van der Waals surface area contributed by atoms with Gasteiger partial charge in [0.1, 0.15) is 34.5 Å². The SMILES string of the molecule is COc1ccccc1-c1coc2c3c(cc(O)c2c1=O)OC(=O)C[C@@H]3c1ccc2c(c1)OCO2. The molecule has 170 valence electrons. The number of para-hydroxylation sites is 1. The normalized spacial score (nSPS) is 16.3. The molecule has 8 heteroatoms. The van der Waals surface area contributed by atoms with E-state index in [9.17, 15) is 14.7 Å². The first kappa shape index (κ1) is 20.2. The molecule has 2 aliphatic heterocycles. The average Bonchev–Trinajstić information content (AvgIpc) is 3.31. The van der Waals surface area contributed by atoms with E-state index in [-0.39, 0.29) is 41.2 Å². The molecule has 0 saturated heterocycles. The van der Waals surface area contributed by atoms with Crippen LogP contribution in [0.15, 0.2) is 64.0 Å². The van der Waals surface area contributed by atoms with Gasteiger partial charge in [0.25, 0.3) is 0 Å². The van der Waals surface area contributed by atoms with Crippen molar-refractivity contribution < 1.29 is 33.3 Å². The van der Waals surface area contributed by atoms with Crippen molar-refractivity contribution >= 4 is 16.9 Å². The second-order valence-electron chi connectivity index (χ2n) is 8.03. The summed E-state index contributed by atoms with van der Waals surface area (Å²) in [6, 6.07) is 13.8. The Morgan fingerprint density at radius 2 is 1.79 bits per heavy atom. The lowest BCUT2D eigenvalue weighted by atomic mass is 9.84. The molecule has 6 rings (SSSR count). The van der Waals surface area contributed by atoms with Crippen molar-refractivity contribution in [2.24, 2.45) is 0 Å². The number of ether oxygens (including phenoxy) is 4. The minimum atomic E-state index is -0.478. The molecule has 3 heterocycles. The van der Waals surface area contributed by atoms with E-state index in [2.05, 4.69) is 0 Å². The smallest absolute Gasteiger partial charge is 0.312 e. The highest BCUT2D eigenvalue weighted by Crippen LogP contribution is 2.47. The molecule has 8 nitrogen and oxygen atoms in total. The van der Waals surface area contributed by atoms with Gasteiger partial charge in [0.05, 0.1) is 19.1 Å². The Morgan fingerprint density at radius 3 is 2.65 bits per heavy atom. The van der Waals surface area contributed by atoms with Gasteiger partial charge in [-0.3, -0.25) is 9.59 Å². The first-order valence-corrected chi connectivity index (χ1v) is 10.6. The Hall–Kier alpha value is -4.46. The minimum absolute atomic E-state index is 0.00542. The number of hydrogen-bond donors (Lipinski definition) is 1. The van der Waals surface area contributed by atoms with Crippen LogP contribution >= 0.6 is 0 Å². The number of fused-ring (bicyclic) bond motifs is 4. The molecule has 0 fully saturated rings. The summed E-state index contributed by atoms with van der Waals surface area (Å²) in [6.45, 7) is 0.124. The summed E-state index contributed by atoms with van der Waals surface area (Å²) < 4.78 is 27.7. The van der Waals surface area contributed by atoms with Gasteiger partial charge in [-0.25, -0.2) is 0 Å². The fraction of sp³-hybridized carbons (Fsp3) is 0.154. The summed E-state index contributed by atoms with van der Waals surface area (Å²) in [4.78, 5) is 25.9. The predicted octanol–water partition coefficient (Wildman–Crippen LogP) is 4.34. The van der Waals surface area contributed by atoms with Crippen LogP contribution in [0.1, 0.15) is 23.5 Å². The van der Waals surface area contributed by atoms with E-state index >= 15 is 0 Å². The number of hydrogen-bond acceptors (Lipinski definition) is 8. The van der Waals surface area contributed by atoms with E-state index in [4.69, 9.17) is 23.4 Å². The highest BCUT2D eigenvalue weighted by molar-refractivity contribution is 5.94. The van der Waals surface area contributed by atoms with Crippen LogP contribution in [0.3, 0.4) is 0 Å². The van der Waals surface area contributed by atoms with Crippen molar-refractivity contribution in [2.75, 3.05) is 13.9 Å². The van der Waals surface area contributed by atoms with Gasteiger partial charge < -0.3 is 28.5 Å². The first-order chi connectivity index (χ1) is 16.5. The van der Waals surface area contributed by atoms with E-state index < -0.39 is 17.3 Å². The van der Waals surface area contributed by atoms with E-state index in [0.717, 1.165) is 5.56 Å². The summed E-state index contributed by atoms with van der Waals surface area (Å²) in [5.74, 6) is 0.567. The summed E-state index contributed by atoms with van der Waals surface area (Å²) in [6.07, 6.45) is 1.37. The third-order valence-corrected chi connectivity index (χ3v) is 6.17. The van der Waals surface area contributed by atoms with Gasteiger partial charge in [-0.05, 0) is 23.8 Å². The number of phenolic OH excluding ortho intramolecular Hbond substituents is 1. The van der Waals surface area contributed by atoms with Crippen LogP contribution in [0, 0.1) is 0 Å². The number of benzene rings is 3.